The van der Waals surface area contributed by atoms with Crippen LogP contribution in [0.1, 0.15) is 30.1 Å². The molecule has 19 heavy (non-hydrogen) atoms. The van der Waals surface area contributed by atoms with Crippen molar-refractivity contribution in [3.63, 3.8) is 0 Å². The second kappa shape index (κ2) is 6.31. The van der Waals surface area contributed by atoms with E-state index in [0.29, 0.717) is 6.42 Å². The Hall–Kier alpha value is -1.91. The summed E-state index contributed by atoms with van der Waals surface area (Å²) >= 11 is 0. The van der Waals surface area contributed by atoms with Gasteiger partial charge in [-0.05, 0) is 30.7 Å². The summed E-state index contributed by atoms with van der Waals surface area (Å²) in [7, 11) is -3.73. The van der Waals surface area contributed by atoms with Gasteiger partial charge in [0.25, 0.3) is 0 Å². The highest BCUT2D eigenvalue weighted by molar-refractivity contribution is 7.89. The SMILES string of the molecule is CCC(CC#N)NS(=O)(=O)c1ccc(C(=O)O)cc1. The quantitative estimate of drug-likeness (QED) is 0.819. The summed E-state index contributed by atoms with van der Waals surface area (Å²) in [6, 6.07) is 6.37. The van der Waals surface area contributed by atoms with Crippen LogP contribution in [0.4, 0.5) is 0 Å². The fourth-order valence-electron chi connectivity index (χ4n) is 1.44. The van der Waals surface area contributed by atoms with Crippen LogP contribution in [-0.4, -0.2) is 25.5 Å². The Morgan fingerprint density at radius 2 is 2.00 bits per heavy atom. The third kappa shape index (κ3) is 4.05. The Labute approximate surface area is 111 Å². The number of benzene rings is 1. The van der Waals surface area contributed by atoms with E-state index in [9.17, 15) is 13.2 Å². The zero-order valence-electron chi connectivity index (χ0n) is 10.3. The molecule has 0 radical (unpaired) electrons. The summed E-state index contributed by atoms with van der Waals surface area (Å²) in [5.74, 6) is -1.12. The number of nitriles is 1. The molecule has 0 amide bonds. The minimum Gasteiger partial charge on any atom is -0.478 e. The fourth-order valence-corrected chi connectivity index (χ4v) is 2.76. The lowest BCUT2D eigenvalue weighted by Gasteiger charge is -2.13. The molecule has 0 aliphatic carbocycles. The van der Waals surface area contributed by atoms with Crippen molar-refractivity contribution < 1.29 is 18.3 Å². The third-order valence-corrected chi connectivity index (χ3v) is 4.10. The molecule has 1 aromatic carbocycles. The molecule has 0 aliphatic heterocycles. The van der Waals surface area contributed by atoms with Crippen molar-refractivity contribution in [1.29, 1.82) is 5.26 Å². The Balaban J connectivity index is 2.94. The van der Waals surface area contributed by atoms with Crippen LogP contribution < -0.4 is 4.72 Å². The second-order valence-corrected chi connectivity index (χ2v) is 5.63. The normalized spacial score (nSPS) is 12.6. The van der Waals surface area contributed by atoms with Gasteiger partial charge in [0, 0.05) is 6.04 Å². The molecule has 0 saturated heterocycles. The summed E-state index contributed by atoms with van der Waals surface area (Å²) < 4.78 is 26.4. The van der Waals surface area contributed by atoms with Crippen LogP contribution in [0.15, 0.2) is 29.2 Å². The molecule has 0 heterocycles. The van der Waals surface area contributed by atoms with Crippen LogP contribution >= 0.6 is 0 Å². The number of nitrogens with zero attached hydrogens (tertiary/aromatic N) is 1. The third-order valence-electron chi connectivity index (χ3n) is 2.56. The average Bonchev–Trinajstić information content (AvgIpc) is 2.38. The van der Waals surface area contributed by atoms with Crippen LogP contribution in [0.25, 0.3) is 0 Å². The summed E-state index contributed by atoms with van der Waals surface area (Å²) in [6.07, 6.45) is 0.586. The minimum absolute atomic E-state index is 0.0167. The molecule has 0 spiro atoms. The number of rotatable bonds is 6. The monoisotopic (exact) mass is 282 g/mol. The van der Waals surface area contributed by atoms with Gasteiger partial charge in [-0.15, -0.1) is 0 Å². The maximum absolute atomic E-state index is 12.0. The topological polar surface area (TPSA) is 107 Å². The van der Waals surface area contributed by atoms with E-state index in [4.69, 9.17) is 10.4 Å². The molecule has 0 saturated carbocycles. The second-order valence-electron chi connectivity index (χ2n) is 3.92. The van der Waals surface area contributed by atoms with Gasteiger partial charge in [0.15, 0.2) is 0 Å². The molecule has 0 aliphatic rings. The number of carboxylic acid groups (broad SMARTS) is 1. The number of nitrogens with one attached hydrogen (secondary N) is 1. The van der Waals surface area contributed by atoms with E-state index in [1.165, 1.54) is 24.3 Å². The average molecular weight is 282 g/mol. The van der Waals surface area contributed by atoms with E-state index in [1.807, 2.05) is 6.07 Å². The molecule has 1 unspecified atom stereocenters. The minimum atomic E-state index is -3.73. The number of sulfonamides is 1. The Kier molecular flexibility index (Phi) is 5.03. The maximum atomic E-state index is 12.0. The largest absolute Gasteiger partial charge is 0.478 e. The first kappa shape index (κ1) is 15.1. The molecule has 102 valence electrons. The smallest absolute Gasteiger partial charge is 0.335 e. The van der Waals surface area contributed by atoms with Crippen LogP contribution in [-0.2, 0) is 10.0 Å². The first-order valence-corrected chi connectivity index (χ1v) is 7.11. The van der Waals surface area contributed by atoms with Crippen LogP contribution in [0.5, 0.6) is 0 Å². The van der Waals surface area contributed by atoms with E-state index in [0.717, 1.165) is 0 Å². The van der Waals surface area contributed by atoms with Crippen molar-refractivity contribution >= 4 is 16.0 Å². The lowest BCUT2D eigenvalue weighted by atomic mass is 10.2. The number of hydrogen-bond acceptors (Lipinski definition) is 4. The van der Waals surface area contributed by atoms with Crippen molar-refractivity contribution in [3.8, 4) is 6.07 Å². The van der Waals surface area contributed by atoms with Gasteiger partial charge in [-0.1, -0.05) is 6.92 Å². The van der Waals surface area contributed by atoms with Gasteiger partial charge in [0.05, 0.1) is 22.9 Å². The highest BCUT2D eigenvalue weighted by atomic mass is 32.2. The van der Waals surface area contributed by atoms with Gasteiger partial charge in [-0.25, -0.2) is 17.9 Å². The summed E-state index contributed by atoms with van der Waals surface area (Å²) in [5, 5.41) is 17.3. The number of aromatic carboxylic acids is 1. The Morgan fingerprint density at radius 3 is 2.42 bits per heavy atom. The van der Waals surface area contributed by atoms with Gasteiger partial charge in [0.2, 0.25) is 10.0 Å². The fraction of sp³-hybridized carbons (Fsp3) is 0.333. The molecule has 1 atom stereocenters. The molecule has 0 fully saturated rings. The maximum Gasteiger partial charge on any atom is 0.335 e. The predicted molar refractivity (Wildman–Crippen MR) is 68.0 cm³/mol. The van der Waals surface area contributed by atoms with E-state index in [1.54, 1.807) is 6.92 Å². The molecule has 6 nitrogen and oxygen atoms in total. The first-order chi connectivity index (χ1) is 8.90. The van der Waals surface area contributed by atoms with E-state index < -0.39 is 22.0 Å². The Bertz CT molecular complexity index is 587. The standard InChI is InChI=1S/C12H14N2O4S/c1-2-10(7-8-13)14-19(17,18)11-5-3-9(4-6-11)12(15)16/h3-6,10,14H,2,7H2,1H3,(H,15,16). The molecule has 7 heteroatoms. The summed E-state index contributed by atoms with van der Waals surface area (Å²) in [5.41, 5.74) is 0.0167. The van der Waals surface area contributed by atoms with E-state index in [2.05, 4.69) is 4.72 Å². The summed E-state index contributed by atoms with van der Waals surface area (Å²) in [6.45, 7) is 1.78. The molecule has 0 bridgehead atoms. The molecular weight excluding hydrogens is 268 g/mol. The van der Waals surface area contributed by atoms with Crippen LogP contribution in [0.2, 0.25) is 0 Å². The van der Waals surface area contributed by atoms with Crippen molar-refractivity contribution in [2.45, 2.75) is 30.7 Å². The van der Waals surface area contributed by atoms with Crippen molar-refractivity contribution in [2.75, 3.05) is 0 Å². The van der Waals surface area contributed by atoms with E-state index >= 15 is 0 Å². The molecule has 0 aromatic heterocycles. The zero-order valence-corrected chi connectivity index (χ0v) is 11.1. The van der Waals surface area contributed by atoms with Crippen molar-refractivity contribution in [3.05, 3.63) is 29.8 Å². The lowest BCUT2D eigenvalue weighted by molar-refractivity contribution is 0.0696. The zero-order chi connectivity index (χ0) is 14.5. The summed E-state index contributed by atoms with van der Waals surface area (Å²) in [4.78, 5) is 10.7. The Morgan fingerprint density at radius 1 is 1.42 bits per heavy atom. The number of hydrogen-bond donors (Lipinski definition) is 2. The molecule has 1 aromatic rings. The predicted octanol–water partition coefficient (Wildman–Crippen LogP) is 1.36. The molecule has 2 N–H and O–H groups in total. The lowest BCUT2D eigenvalue weighted by Crippen LogP contribution is -2.34. The van der Waals surface area contributed by atoms with Crippen molar-refractivity contribution in [1.82, 2.24) is 4.72 Å². The molecular formula is C12H14N2O4S. The number of carboxylic acids is 1. The van der Waals surface area contributed by atoms with Crippen LogP contribution in [0, 0.1) is 11.3 Å². The van der Waals surface area contributed by atoms with Gasteiger partial charge in [-0.2, -0.15) is 5.26 Å². The molecule has 1 rings (SSSR count). The van der Waals surface area contributed by atoms with Crippen LogP contribution in [0.3, 0.4) is 0 Å². The van der Waals surface area contributed by atoms with Gasteiger partial charge in [0.1, 0.15) is 0 Å². The van der Waals surface area contributed by atoms with Crippen molar-refractivity contribution in [2.24, 2.45) is 0 Å². The van der Waals surface area contributed by atoms with Gasteiger partial charge >= 0.3 is 5.97 Å². The van der Waals surface area contributed by atoms with Gasteiger partial charge in [-0.3, -0.25) is 0 Å². The van der Waals surface area contributed by atoms with Gasteiger partial charge < -0.3 is 5.11 Å². The highest BCUT2D eigenvalue weighted by Crippen LogP contribution is 2.12. The first-order valence-electron chi connectivity index (χ1n) is 5.63. The highest BCUT2D eigenvalue weighted by Gasteiger charge is 2.19. The van der Waals surface area contributed by atoms with E-state index in [-0.39, 0.29) is 16.9 Å². The number of carbonyl (C=O) groups is 1.